The summed E-state index contributed by atoms with van der Waals surface area (Å²) in [5, 5.41) is 0.904. The van der Waals surface area contributed by atoms with Crippen molar-refractivity contribution in [1.29, 1.82) is 0 Å². The summed E-state index contributed by atoms with van der Waals surface area (Å²) in [7, 11) is 0. The van der Waals surface area contributed by atoms with Crippen LogP contribution >= 0.6 is 27.5 Å². The average molecular weight is 270 g/mol. The first-order chi connectivity index (χ1) is 6.75. The second-order valence-corrected chi connectivity index (χ2v) is 5.37. The van der Waals surface area contributed by atoms with Crippen molar-refractivity contribution in [3.8, 4) is 0 Å². The molecule has 0 amide bonds. The first-order valence-electron chi connectivity index (χ1n) is 4.94. The molecule has 0 nitrogen and oxygen atoms in total. The molecule has 0 radical (unpaired) electrons. The van der Waals surface area contributed by atoms with E-state index in [4.69, 9.17) is 11.6 Å². The summed E-state index contributed by atoms with van der Waals surface area (Å²) >= 11 is 9.70. The molecule has 0 spiro atoms. The zero-order chi connectivity index (χ0) is 9.71. The molecule has 1 aromatic rings. The molecule has 1 fully saturated rings. The molecule has 2 aliphatic carbocycles. The van der Waals surface area contributed by atoms with E-state index >= 15 is 0 Å². The third-order valence-corrected chi connectivity index (χ3v) is 3.81. The highest BCUT2D eigenvalue weighted by molar-refractivity contribution is 9.10. The lowest BCUT2D eigenvalue weighted by Crippen LogP contribution is -1.88. The number of halogens is 2. The Labute approximate surface area is 97.1 Å². The normalized spacial score (nSPS) is 19.4. The maximum atomic E-state index is 6.20. The Bertz CT molecular complexity index is 430. The van der Waals surface area contributed by atoms with Crippen molar-refractivity contribution in [3.05, 3.63) is 38.8 Å². The van der Waals surface area contributed by atoms with Gasteiger partial charge in [-0.2, -0.15) is 0 Å². The number of benzene rings is 1. The predicted molar refractivity (Wildman–Crippen MR) is 63.6 cm³/mol. The summed E-state index contributed by atoms with van der Waals surface area (Å²) < 4.78 is 1.09. The Kier molecular flexibility index (Phi) is 2.00. The fourth-order valence-corrected chi connectivity index (χ4v) is 3.06. The molecule has 0 heterocycles. The first-order valence-corrected chi connectivity index (χ1v) is 6.11. The third-order valence-electron chi connectivity index (χ3n) is 3.01. The van der Waals surface area contributed by atoms with Crippen LogP contribution in [-0.2, 0) is 6.42 Å². The van der Waals surface area contributed by atoms with Gasteiger partial charge in [0.2, 0.25) is 0 Å². The maximum absolute atomic E-state index is 6.20. The highest BCUT2D eigenvalue weighted by Gasteiger charge is 2.31. The molecule has 0 atom stereocenters. The maximum Gasteiger partial charge on any atom is 0.0458 e. The van der Waals surface area contributed by atoms with Gasteiger partial charge in [-0.3, -0.25) is 0 Å². The van der Waals surface area contributed by atoms with E-state index in [0.717, 1.165) is 21.8 Å². The van der Waals surface area contributed by atoms with Crippen LogP contribution in [0.1, 0.15) is 24.0 Å². The van der Waals surface area contributed by atoms with Crippen LogP contribution in [0.3, 0.4) is 0 Å². The summed E-state index contributed by atoms with van der Waals surface area (Å²) in [6.07, 6.45) is 6.08. The quantitative estimate of drug-likeness (QED) is 0.706. The van der Waals surface area contributed by atoms with Crippen LogP contribution in [0.15, 0.2) is 22.7 Å². The van der Waals surface area contributed by atoms with E-state index in [0.29, 0.717) is 0 Å². The lowest BCUT2D eigenvalue weighted by atomic mass is 10.0. The number of allylic oxidation sites excluding steroid dienone is 2. The monoisotopic (exact) mass is 268 g/mol. The van der Waals surface area contributed by atoms with Crippen LogP contribution in [0.4, 0.5) is 0 Å². The Morgan fingerprint density at radius 2 is 2.07 bits per heavy atom. The van der Waals surface area contributed by atoms with E-state index in [1.54, 1.807) is 0 Å². The van der Waals surface area contributed by atoms with Gasteiger partial charge in [-0.05, 0) is 54.0 Å². The van der Waals surface area contributed by atoms with Gasteiger partial charge in [-0.1, -0.05) is 33.6 Å². The Morgan fingerprint density at radius 3 is 2.79 bits per heavy atom. The minimum Gasteiger partial charge on any atom is -0.0840 e. The molecule has 0 saturated heterocycles. The van der Waals surface area contributed by atoms with Crippen molar-refractivity contribution in [1.82, 2.24) is 0 Å². The van der Waals surface area contributed by atoms with Gasteiger partial charge in [0, 0.05) is 9.50 Å². The zero-order valence-corrected chi connectivity index (χ0v) is 10.0. The number of hydrogen-bond acceptors (Lipinski definition) is 0. The van der Waals surface area contributed by atoms with Gasteiger partial charge in [0.25, 0.3) is 0 Å². The fourth-order valence-electron chi connectivity index (χ4n) is 2.17. The molecular weight excluding hydrogens is 259 g/mol. The van der Waals surface area contributed by atoms with Gasteiger partial charge < -0.3 is 0 Å². The molecular formula is C12H10BrCl. The lowest BCUT2D eigenvalue weighted by molar-refractivity contribution is 1.15. The molecule has 0 bridgehead atoms. The van der Waals surface area contributed by atoms with E-state index in [1.807, 2.05) is 6.07 Å². The highest BCUT2D eigenvalue weighted by atomic mass is 79.9. The van der Waals surface area contributed by atoms with Crippen LogP contribution in [0, 0.1) is 5.92 Å². The molecule has 1 saturated carbocycles. The Balaban J connectivity index is 2.13. The largest absolute Gasteiger partial charge is 0.0840 e. The van der Waals surface area contributed by atoms with Gasteiger partial charge in [0.1, 0.15) is 0 Å². The van der Waals surface area contributed by atoms with Crippen LogP contribution in [0.5, 0.6) is 0 Å². The molecule has 0 unspecified atom stereocenters. The summed E-state index contributed by atoms with van der Waals surface area (Å²) in [5.74, 6) is 0.821. The SMILES string of the molecule is Clc1cc(Br)cc2c1CC=C2C1CC1. The standard InChI is InChI=1S/C12H10BrCl/c13-8-5-11-9(7-1-2-7)3-4-10(11)12(14)6-8/h3,5-7H,1-2,4H2. The van der Waals surface area contributed by atoms with E-state index in [9.17, 15) is 0 Å². The van der Waals surface area contributed by atoms with Gasteiger partial charge in [-0.25, -0.2) is 0 Å². The second-order valence-electron chi connectivity index (χ2n) is 4.05. The predicted octanol–water partition coefficient (Wildman–Crippen LogP) is 4.45. The van der Waals surface area contributed by atoms with Crippen molar-refractivity contribution < 1.29 is 0 Å². The summed E-state index contributed by atoms with van der Waals surface area (Å²) in [4.78, 5) is 0. The third kappa shape index (κ3) is 1.34. The smallest absolute Gasteiger partial charge is 0.0458 e. The summed E-state index contributed by atoms with van der Waals surface area (Å²) in [6, 6.07) is 4.20. The highest BCUT2D eigenvalue weighted by Crippen LogP contribution is 2.47. The van der Waals surface area contributed by atoms with Crippen molar-refractivity contribution in [2.45, 2.75) is 19.3 Å². The second kappa shape index (κ2) is 3.11. The lowest BCUT2D eigenvalue weighted by Gasteiger charge is -2.06. The van der Waals surface area contributed by atoms with Crippen LogP contribution in [0.25, 0.3) is 5.57 Å². The van der Waals surface area contributed by atoms with Gasteiger partial charge in [0.15, 0.2) is 0 Å². The minimum absolute atomic E-state index is 0.821. The minimum atomic E-state index is 0.821. The van der Waals surface area contributed by atoms with Crippen molar-refractivity contribution in [3.63, 3.8) is 0 Å². The van der Waals surface area contributed by atoms with Crippen LogP contribution < -0.4 is 0 Å². The number of fused-ring (bicyclic) bond motifs is 1. The zero-order valence-electron chi connectivity index (χ0n) is 7.69. The number of rotatable bonds is 1. The van der Waals surface area contributed by atoms with Crippen molar-refractivity contribution >= 4 is 33.1 Å². The van der Waals surface area contributed by atoms with Gasteiger partial charge in [-0.15, -0.1) is 0 Å². The van der Waals surface area contributed by atoms with Gasteiger partial charge >= 0.3 is 0 Å². The molecule has 1 aromatic carbocycles. The van der Waals surface area contributed by atoms with Crippen molar-refractivity contribution in [2.24, 2.45) is 5.92 Å². The molecule has 0 N–H and O–H groups in total. The van der Waals surface area contributed by atoms with E-state index in [-0.39, 0.29) is 0 Å². The summed E-state index contributed by atoms with van der Waals surface area (Å²) in [6.45, 7) is 0. The molecule has 0 aromatic heterocycles. The molecule has 0 aliphatic heterocycles. The van der Waals surface area contributed by atoms with Crippen molar-refractivity contribution in [2.75, 3.05) is 0 Å². The molecule has 72 valence electrons. The van der Waals surface area contributed by atoms with E-state index < -0.39 is 0 Å². The van der Waals surface area contributed by atoms with Crippen LogP contribution in [0.2, 0.25) is 5.02 Å². The molecule has 14 heavy (non-hydrogen) atoms. The van der Waals surface area contributed by atoms with E-state index in [1.165, 1.54) is 29.5 Å². The van der Waals surface area contributed by atoms with Crippen LogP contribution in [-0.4, -0.2) is 0 Å². The number of hydrogen-bond donors (Lipinski definition) is 0. The first kappa shape index (κ1) is 8.99. The van der Waals surface area contributed by atoms with E-state index in [2.05, 4.69) is 28.1 Å². The molecule has 2 aliphatic rings. The summed E-state index contributed by atoms with van der Waals surface area (Å²) in [5.41, 5.74) is 4.23. The Morgan fingerprint density at radius 1 is 1.29 bits per heavy atom. The van der Waals surface area contributed by atoms with Gasteiger partial charge in [0.05, 0.1) is 0 Å². The molecule has 3 rings (SSSR count). The fraction of sp³-hybridized carbons (Fsp3) is 0.333. The molecule has 2 heteroatoms. The Hall–Kier alpha value is -0.270. The average Bonchev–Trinajstić information content (AvgIpc) is 2.87. The topological polar surface area (TPSA) is 0 Å².